The first kappa shape index (κ1) is 13.8. The van der Waals surface area contributed by atoms with Gasteiger partial charge in [-0.15, -0.1) is 0 Å². The molecular weight excluding hydrogens is 262 g/mol. The monoisotopic (exact) mass is 279 g/mol. The summed E-state index contributed by atoms with van der Waals surface area (Å²) in [7, 11) is -3.36. The van der Waals surface area contributed by atoms with Gasteiger partial charge in [-0.2, -0.15) is 8.42 Å². The molecule has 0 spiro atoms. The molecular formula is C14H17NO3S. The molecule has 2 aromatic rings. The van der Waals surface area contributed by atoms with Gasteiger partial charge in [0.05, 0.1) is 12.9 Å². The highest BCUT2D eigenvalue weighted by Gasteiger charge is 2.08. The highest BCUT2D eigenvalue weighted by atomic mass is 32.2. The van der Waals surface area contributed by atoms with E-state index in [0.717, 1.165) is 28.8 Å². The Kier molecular flexibility index (Phi) is 4.07. The molecule has 0 saturated heterocycles. The molecule has 1 aromatic heterocycles. The second kappa shape index (κ2) is 5.59. The van der Waals surface area contributed by atoms with E-state index < -0.39 is 10.1 Å². The number of rotatable bonds is 5. The fourth-order valence-electron chi connectivity index (χ4n) is 1.94. The number of hydrogen-bond acceptors (Lipinski definition) is 3. The number of benzene rings is 1. The van der Waals surface area contributed by atoms with Crippen molar-refractivity contribution in [2.45, 2.75) is 13.3 Å². The third-order valence-electron chi connectivity index (χ3n) is 2.88. The Morgan fingerprint density at radius 3 is 2.53 bits per heavy atom. The molecule has 0 amide bonds. The lowest BCUT2D eigenvalue weighted by atomic mass is 10.1. The number of H-pyrrole nitrogens is 1. The van der Waals surface area contributed by atoms with Crippen molar-refractivity contribution >= 4 is 10.1 Å². The number of hydrogen-bond donors (Lipinski definition) is 1. The van der Waals surface area contributed by atoms with Crippen LogP contribution in [0.1, 0.15) is 11.3 Å². The van der Waals surface area contributed by atoms with E-state index in [1.807, 2.05) is 43.3 Å². The molecule has 4 nitrogen and oxygen atoms in total. The topological polar surface area (TPSA) is 59.2 Å². The van der Waals surface area contributed by atoms with E-state index in [9.17, 15) is 8.42 Å². The highest BCUT2D eigenvalue weighted by Crippen LogP contribution is 2.21. The average Bonchev–Trinajstić information content (AvgIpc) is 2.71. The predicted octanol–water partition coefficient (Wildman–Crippen LogP) is 2.51. The van der Waals surface area contributed by atoms with E-state index in [4.69, 9.17) is 4.18 Å². The van der Waals surface area contributed by atoms with Gasteiger partial charge >= 0.3 is 0 Å². The van der Waals surface area contributed by atoms with E-state index in [1.54, 1.807) is 0 Å². The van der Waals surface area contributed by atoms with Crippen LogP contribution in [0, 0.1) is 6.92 Å². The Bertz CT molecular complexity index is 645. The Hall–Kier alpha value is -1.59. The first-order valence-electron chi connectivity index (χ1n) is 6.04. The van der Waals surface area contributed by atoms with Crippen molar-refractivity contribution in [3.8, 4) is 11.3 Å². The summed E-state index contributed by atoms with van der Waals surface area (Å²) in [6.07, 6.45) is 1.63. The maximum atomic E-state index is 10.9. The van der Waals surface area contributed by atoms with E-state index in [0.29, 0.717) is 6.42 Å². The maximum Gasteiger partial charge on any atom is 0.264 e. The van der Waals surface area contributed by atoms with Crippen molar-refractivity contribution in [2.24, 2.45) is 0 Å². The summed E-state index contributed by atoms with van der Waals surface area (Å²) >= 11 is 0. The van der Waals surface area contributed by atoms with E-state index in [1.165, 1.54) is 0 Å². The SMILES string of the molecule is Cc1[nH]c(-c2ccccc2)cc1CCOS(C)(=O)=O. The Labute approximate surface area is 113 Å². The van der Waals surface area contributed by atoms with Crippen LogP contribution < -0.4 is 0 Å². The van der Waals surface area contributed by atoms with Gasteiger partial charge < -0.3 is 4.98 Å². The molecule has 0 unspecified atom stereocenters. The zero-order chi connectivity index (χ0) is 13.9. The van der Waals surface area contributed by atoms with E-state index >= 15 is 0 Å². The zero-order valence-corrected chi connectivity index (χ0v) is 11.8. The van der Waals surface area contributed by atoms with Gasteiger partial charge in [0.1, 0.15) is 0 Å². The van der Waals surface area contributed by atoms with Crippen molar-refractivity contribution < 1.29 is 12.6 Å². The van der Waals surface area contributed by atoms with Crippen LogP contribution in [0.2, 0.25) is 0 Å². The first-order chi connectivity index (χ1) is 8.96. The van der Waals surface area contributed by atoms with Crippen molar-refractivity contribution in [3.05, 3.63) is 47.7 Å². The summed E-state index contributed by atoms with van der Waals surface area (Å²) < 4.78 is 26.6. The van der Waals surface area contributed by atoms with Crippen LogP contribution in [0.3, 0.4) is 0 Å². The van der Waals surface area contributed by atoms with Crippen LogP contribution in [0.5, 0.6) is 0 Å². The molecule has 1 N–H and O–H groups in total. The second-order valence-corrected chi connectivity index (χ2v) is 6.12. The number of aromatic amines is 1. The molecule has 0 bridgehead atoms. The van der Waals surface area contributed by atoms with Crippen molar-refractivity contribution in [2.75, 3.05) is 12.9 Å². The van der Waals surface area contributed by atoms with Crippen molar-refractivity contribution in [1.29, 1.82) is 0 Å². The third-order valence-corrected chi connectivity index (χ3v) is 3.47. The summed E-state index contributed by atoms with van der Waals surface area (Å²) in [6.45, 7) is 2.15. The van der Waals surface area contributed by atoms with Crippen molar-refractivity contribution in [1.82, 2.24) is 4.98 Å². The fraction of sp³-hybridized carbons (Fsp3) is 0.286. The summed E-state index contributed by atoms with van der Waals surface area (Å²) in [6, 6.07) is 12.0. The van der Waals surface area contributed by atoms with Crippen LogP contribution >= 0.6 is 0 Å². The smallest absolute Gasteiger partial charge is 0.264 e. The van der Waals surface area contributed by atoms with E-state index in [-0.39, 0.29) is 6.61 Å². The fourth-order valence-corrected chi connectivity index (χ4v) is 2.32. The van der Waals surface area contributed by atoms with Crippen LogP contribution in [-0.2, 0) is 20.7 Å². The van der Waals surface area contributed by atoms with Gasteiger partial charge in [0.2, 0.25) is 0 Å². The molecule has 0 aliphatic carbocycles. The molecule has 0 atom stereocenters. The summed E-state index contributed by atoms with van der Waals surface area (Å²) in [5.74, 6) is 0. The van der Waals surface area contributed by atoms with Gasteiger partial charge in [0.15, 0.2) is 0 Å². The van der Waals surface area contributed by atoms with Crippen LogP contribution in [-0.4, -0.2) is 26.3 Å². The summed E-state index contributed by atoms with van der Waals surface area (Å²) in [5, 5.41) is 0. The molecule has 1 heterocycles. The van der Waals surface area contributed by atoms with Gasteiger partial charge in [-0.05, 0) is 30.5 Å². The van der Waals surface area contributed by atoms with Crippen LogP contribution in [0.25, 0.3) is 11.3 Å². The lowest BCUT2D eigenvalue weighted by molar-refractivity contribution is 0.325. The minimum absolute atomic E-state index is 0.172. The molecule has 5 heteroatoms. The van der Waals surface area contributed by atoms with Gasteiger partial charge in [0, 0.05) is 11.4 Å². The number of aryl methyl sites for hydroxylation is 1. The van der Waals surface area contributed by atoms with Crippen LogP contribution in [0.15, 0.2) is 36.4 Å². The lowest BCUT2D eigenvalue weighted by Crippen LogP contribution is -2.06. The molecule has 0 fully saturated rings. The van der Waals surface area contributed by atoms with Crippen molar-refractivity contribution in [3.63, 3.8) is 0 Å². The number of nitrogens with one attached hydrogen (secondary N) is 1. The predicted molar refractivity (Wildman–Crippen MR) is 75.5 cm³/mol. The third kappa shape index (κ3) is 3.94. The first-order valence-corrected chi connectivity index (χ1v) is 7.86. The Balaban J connectivity index is 2.09. The standard InChI is InChI=1S/C14H17NO3S/c1-11-13(8-9-18-19(2,16)17)10-14(15-11)12-6-4-3-5-7-12/h3-7,10,15H,8-9H2,1-2H3. The second-order valence-electron chi connectivity index (χ2n) is 4.48. The minimum Gasteiger partial charge on any atom is -0.358 e. The Morgan fingerprint density at radius 1 is 1.21 bits per heavy atom. The van der Waals surface area contributed by atoms with Gasteiger partial charge in [-0.3, -0.25) is 4.18 Å². The molecule has 2 rings (SSSR count). The molecule has 0 saturated carbocycles. The summed E-state index contributed by atoms with van der Waals surface area (Å²) in [5.41, 5.74) is 4.26. The zero-order valence-electron chi connectivity index (χ0n) is 11.0. The quantitative estimate of drug-likeness (QED) is 0.855. The average molecular weight is 279 g/mol. The highest BCUT2D eigenvalue weighted by molar-refractivity contribution is 7.85. The molecule has 1 aromatic carbocycles. The van der Waals surface area contributed by atoms with Gasteiger partial charge in [0.25, 0.3) is 10.1 Å². The normalized spacial score (nSPS) is 11.7. The molecule has 102 valence electrons. The van der Waals surface area contributed by atoms with E-state index in [2.05, 4.69) is 4.98 Å². The molecule has 0 aliphatic heterocycles. The summed E-state index contributed by atoms with van der Waals surface area (Å²) in [4.78, 5) is 3.30. The van der Waals surface area contributed by atoms with Gasteiger partial charge in [-0.1, -0.05) is 30.3 Å². The maximum absolute atomic E-state index is 10.9. The minimum atomic E-state index is -3.36. The molecule has 19 heavy (non-hydrogen) atoms. The number of aromatic nitrogens is 1. The molecule has 0 aliphatic rings. The lowest BCUT2D eigenvalue weighted by Gasteiger charge is -2.00. The van der Waals surface area contributed by atoms with Crippen LogP contribution in [0.4, 0.5) is 0 Å². The Morgan fingerprint density at radius 2 is 1.89 bits per heavy atom. The molecule has 0 radical (unpaired) electrons. The largest absolute Gasteiger partial charge is 0.358 e. The van der Waals surface area contributed by atoms with Gasteiger partial charge in [-0.25, -0.2) is 0 Å².